The quantitative estimate of drug-likeness (QED) is 0.672. The fraction of sp³-hybridized carbons (Fsp3) is 0.846. The molecule has 2 atom stereocenters. The molecule has 0 aliphatic carbocycles. The molecule has 1 amide bonds. The third kappa shape index (κ3) is 5.49. The van der Waals surface area contributed by atoms with Gasteiger partial charge < -0.3 is 10.4 Å². The third-order valence-electron chi connectivity index (χ3n) is 3.22. The van der Waals surface area contributed by atoms with Crippen molar-refractivity contribution in [1.29, 1.82) is 0 Å². The smallest absolute Gasteiger partial charge is 0.320 e. The first-order valence-electron chi connectivity index (χ1n) is 6.77. The highest BCUT2D eigenvalue weighted by molar-refractivity contribution is 5.77. The Morgan fingerprint density at radius 2 is 2.17 bits per heavy atom. The van der Waals surface area contributed by atoms with Crippen LogP contribution in [0.4, 0.5) is 0 Å². The number of hydrogen-bond acceptors (Lipinski definition) is 3. The molecule has 3 N–H and O–H groups in total. The summed E-state index contributed by atoms with van der Waals surface area (Å²) < 4.78 is 0. The van der Waals surface area contributed by atoms with E-state index in [1.54, 1.807) is 0 Å². The van der Waals surface area contributed by atoms with Crippen LogP contribution >= 0.6 is 0 Å². The van der Waals surface area contributed by atoms with Gasteiger partial charge in [0.15, 0.2) is 0 Å². The fourth-order valence-electron chi connectivity index (χ4n) is 2.12. The monoisotopic (exact) mass is 256 g/mol. The summed E-state index contributed by atoms with van der Waals surface area (Å²) in [7, 11) is 0. The van der Waals surface area contributed by atoms with Crippen LogP contribution in [0.3, 0.4) is 0 Å². The molecular formula is C13H24N2O3. The molecule has 0 aromatic rings. The third-order valence-corrected chi connectivity index (χ3v) is 3.22. The Balaban J connectivity index is 2.48. The molecule has 0 aromatic heterocycles. The Kier molecular flexibility index (Phi) is 6.12. The van der Waals surface area contributed by atoms with Crippen LogP contribution in [0.2, 0.25) is 0 Å². The second kappa shape index (κ2) is 7.36. The van der Waals surface area contributed by atoms with Crippen LogP contribution in [0.5, 0.6) is 0 Å². The van der Waals surface area contributed by atoms with E-state index in [4.69, 9.17) is 0 Å². The molecular weight excluding hydrogens is 232 g/mol. The average molecular weight is 256 g/mol. The number of carbonyl (C=O) groups is 2. The van der Waals surface area contributed by atoms with Gasteiger partial charge in [-0.3, -0.25) is 14.9 Å². The number of carboxylic acids is 1. The van der Waals surface area contributed by atoms with Crippen LogP contribution in [-0.2, 0) is 9.59 Å². The minimum absolute atomic E-state index is 0.0120. The second-order valence-corrected chi connectivity index (χ2v) is 5.39. The summed E-state index contributed by atoms with van der Waals surface area (Å²) in [6, 6.07) is -0.573. The molecule has 1 rings (SSSR count). The van der Waals surface area contributed by atoms with Gasteiger partial charge in [-0.05, 0) is 38.0 Å². The number of carboxylic acid groups (broad SMARTS) is 1. The SMILES string of the molecule is CC(C)CCC(NC1CCCCC(=O)N1)C(=O)O. The van der Waals surface area contributed by atoms with Gasteiger partial charge in [-0.1, -0.05) is 13.8 Å². The molecule has 5 heteroatoms. The van der Waals surface area contributed by atoms with Crippen LogP contribution in [0.25, 0.3) is 0 Å². The van der Waals surface area contributed by atoms with E-state index in [1.807, 2.05) is 0 Å². The van der Waals surface area contributed by atoms with E-state index in [1.165, 1.54) is 0 Å². The zero-order chi connectivity index (χ0) is 13.5. The second-order valence-electron chi connectivity index (χ2n) is 5.39. The predicted octanol–water partition coefficient (Wildman–Crippen LogP) is 1.48. The van der Waals surface area contributed by atoms with Gasteiger partial charge in [0.05, 0.1) is 6.17 Å². The van der Waals surface area contributed by atoms with Crippen molar-refractivity contribution in [2.24, 2.45) is 5.92 Å². The number of hydrogen-bond donors (Lipinski definition) is 3. The van der Waals surface area contributed by atoms with Gasteiger partial charge in [0.25, 0.3) is 0 Å². The summed E-state index contributed by atoms with van der Waals surface area (Å²) in [6.45, 7) is 4.15. The number of rotatable bonds is 6. The summed E-state index contributed by atoms with van der Waals surface area (Å²) >= 11 is 0. The van der Waals surface area contributed by atoms with E-state index >= 15 is 0 Å². The van der Waals surface area contributed by atoms with Crippen LogP contribution in [0.1, 0.15) is 52.4 Å². The lowest BCUT2D eigenvalue weighted by Crippen LogP contribution is -2.51. The van der Waals surface area contributed by atoms with Gasteiger partial charge in [-0.2, -0.15) is 0 Å². The zero-order valence-electron chi connectivity index (χ0n) is 11.2. The molecule has 1 saturated heterocycles. The van der Waals surface area contributed by atoms with Crippen molar-refractivity contribution in [2.45, 2.75) is 64.6 Å². The zero-order valence-corrected chi connectivity index (χ0v) is 11.2. The number of aliphatic carboxylic acids is 1. The van der Waals surface area contributed by atoms with Crippen molar-refractivity contribution in [3.63, 3.8) is 0 Å². The van der Waals surface area contributed by atoms with E-state index in [-0.39, 0.29) is 12.1 Å². The summed E-state index contributed by atoms with van der Waals surface area (Å²) in [5.74, 6) is -0.343. The highest BCUT2D eigenvalue weighted by Crippen LogP contribution is 2.11. The van der Waals surface area contributed by atoms with Crippen LogP contribution < -0.4 is 10.6 Å². The lowest BCUT2D eigenvalue weighted by atomic mass is 10.0. The maximum atomic E-state index is 11.4. The average Bonchev–Trinajstić information content (AvgIpc) is 2.48. The molecule has 18 heavy (non-hydrogen) atoms. The van der Waals surface area contributed by atoms with Crippen molar-refractivity contribution < 1.29 is 14.7 Å². The predicted molar refractivity (Wildman–Crippen MR) is 69.0 cm³/mol. The topological polar surface area (TPSA) is 78.4 Å². The number of amides is 1. The highest BCUT2D eigenvalue weighted by atomic mass is 16.4. The molecule has 2 unspecified atom stereocenters. The largest absolute Gasteiger partial charge is 0.480 e. The lowest BCUT2D eigenvalue weighted by molar-refractivity contribution is -0.140. The molecule has 0 aromatic carbocycles. The summed E-state index contributed by atoms with van der Waals surface area (Å²) in [6.07, 6.45) is 4.44. The minimum atomic E-state index is -0.839. The Hall–Kier alpha value is -1.10. The molecule has 5 nitrogen and oxygen atoms in total. The first kappa shape index (κ1) is 15.0. The van der Waals surface area contributed by atoms with Gasteiger partial charge in [-0.25, -0.2) is 0 Å². The van der Waals surface area contributed by atoms with Crippen molar-refractivity contribution in [3.8, 4) is 0 Å². The van der Waals surface area contributed by atoms with Crippen molar-refractivity contribution in [2.75, 3.05) is 0 Å². The first-order chi connectivity index (χ1) is 8.49. The van der Waals surface area contributed by atoms with Crippen LogP contribution in [0, 0.1) is 5.92 Å². The van der Waals surface area contributed by atoms with Crippen LogP contribution in [-0.4, -0.2) is 29.2 Å². The van der Waals surface area contributed by atoms with E-state index in [9.17, 15) is 14.7 Å². The molecule has 1 aliphatic heterocycles. The summed E-state index contributed by atoms with van der Waals surface area (Å²) in [5.41, 5.74) is 0. The molecule has 104 valence electrons. The maximum absolute atomic E-state index is 11.4. The van der Waals surface area contributed by atoms with E-state index in [0.717, 1.165) is 25.7 Å². The van der Waals surface area contributed by atoms with Crippen molar-refractivity contribution in [1.82, 2.24) is 10.6 Å². The minimum Gasteiger partial charge on any atom is -0.480 e. The Morgan fingerprint density at radius 1 is 1.44 bits per heavy atom. The number of nitrogens with one attached hydrogen (secondary N) is 2. The first-order valence-corrected chi connectivity index (χ1v) is 6.77. The summed E-state index contributed by atoms with van der Waals surface area (Å²) in [5, 5.41) is 15.1. The van der Waals surface area contributed by atoms with Gasteiger partial charge in [0.2, 0.25) is 5.91 Å². The van der Waals surface area contributed by atoms with Gasteiger partial charge in [0.1, 0.15) is 6.04 Å². The molecule has 1 aliphatic rings. The van der Waals surface area contributed by atoms with Crippen LogP contribution in [0.15, 0.2) is 0 Å². The standard InChI is InChI=1S/C13H24N2O3/c1-9(2)7-8-10(13(17)18)14-11-5-3-4-6-12(16)15-11/h9-11,14H,3-8H2,1-2H3,(H,15,16)(H,17,18). The lowest BCUT2D eigenvalue weighted by Gasteiger charge is -2.23. The molecule has 1 fully saturated rings. The van der Waals surface area contributed by atoms with Gasteiger partial charge in [-0.15, -0.1) is 0 Å². The Bertz CT molecular complexity index is 292. The maximum Gasteiger partial charge on any atom is 0.320 e. The highest BCUT2D eigenvalue weighted by Gasteiger charge is 2.23. The van der Waals surface area contributed by atoms with Crippen molar-refractivity contribution >= 4 is 11.9 Å². The molecule has 0 radical (unpaired) electrons. The van der Waals surface area contributed by atoms with E-state index in [0.29, 0.717) is 18.8 Å². The van der Waals surface area contributed by atoms with Gasteiger partial charge >= 0.3 is 5.97 Å². The summed E-state index contributed by atoms with van der Waals surface area (Å²) in [4.78, 5) is 22.6. The van der Waals surface area contributed by atoms with Gasteiger partial charge in [0, 0.05) is 6.42 Å². The van der Waals surface area contributed by atoms with E-state index in [2.05, 4.69) is 24.5 Å². The molecule has 0 bridgehead atoms. The molecule has 0 spiro atoms. The Labute approximate surface area is 108 Å². The Morgan fingerprint density at radius 3 is 2.78 bits per heavy atom. The molecule has 1 heterocycles. The normalized spacial score (nSPS) is 22.4. The fourth-order valence-corrected chi connectivity index (χ4v) is 2.12. The number of carbonyl (C=O) groups excluding carboxylic acids is 1. The van der Waals surface area contributed by atoms with E-state index < -0.39 is 12.0 Å². The van der Waals surface area contributed by atoms with Crippen molar-refractivity contribution in [3.05, 3.63) is 0 Å². The molecule has 0 saturated carbocycles.